The van der Waals surface area contributed by atoms with E-state index in [4.69, 9.17) is 0 Å². The summed E-state index contributed by atoms with van der Waals surface area (Å²) in [5, 5.41) is 6.28. The predicted octanol–water partition coefficient (Wildman–Crippen LogP) is 3.07. The summed E-state index contributed by atoms with van der Waals surface area (Å²) < 4.78 is 0. The predicted molar refractivity (Wildman–Crippen MR) is 123 cm³/mol. The normalized spacial score (nSPS) is 17.2. The quantitative estimate of drug-likeness (QED) is 0.793. The van der Waals surface area contributed by atoms with E-state index in [1.165, 1.54) is 12.8 Å². The van der Waals surface area contributed by atoms with Gasteiger partial charge < -0.3 is 20.4 Å². The van der Waals surface area contributed by atoms with Crippen molar-refractivity contribution in [3.05, 3.63) is 53.2 Å². The molecule has 2 aromatic rings. The van der Waals surface area contributed by atoms with Crippen LogP contribution in [0.15, 0.2) is 36.5 Å². The lowest BCUT2D eigenvalue weighted by molar-refractivity contribution is 0.0761. The van der Waals surface area contributed by atoms with Gasteiger partial charge in [0.25, 0.3) is 11.8 Å². The van der Waals surface area contributed by atoms with Crippen LogP contribution in [0.5, 0.6) is 0 Å². The molecule has 0 unspecified atom stereocenters. The third kappa shape index (κ3) is 5.05. The van der Waals surface area contributed by atoms with Crippen LogP contribution >= 0.6 is 0 Å². The van der Waals surface area contributed by atoms with Crippen LogP contribution in [0.1, 0.15) is 52.0 Å². The number of aromatic nitrogens is 1. The molecule has 0 bridgehead atoms. The number of nitrogens with one attached hydrogen (secondary N) is 2. The van der Waals surface area contributed by atoms with Gasteiger partial charge in [0.2, 0.25) is 0 Å². The molecule has 2 aliphatic heterocycles. The van der Waals surface area contributed by atoms with Gasteiger partial charge in [0.15, 0.2) is 0 Å². The number of nitrogens with zero attached hydrogens (tertiary/aromatic N) is 3. The fourth-order valence-electron chi connectivity index (χ4n) is 4.28. The molecule has 0 aliphatic carbocycles. The maximum atomic E-state index is 13.5. The molecule has 4 rings (SSSR count). The Bertz CT molecular complexity index is 931. The number of carbonyl (C=O) groups is 2. The Morgan fingerprint density at radius 2 is 1.68 bits per heavy atom. The van der Waals surface area contributed by atoms with E-state index in [9.17, 15) is 9.59 Å². The van der Waals surface area contributed by atoms with E-state index in [2.05, 4.69) is 20.5 Å². The standard InChI is InChI=1S/C24H31N5O2/c1-18-8-4-5-9-20(18)23(30)27-19-16-21(24(31)29-12-6-2-3-7-13-29)22(26-17-19)28-14-10-25-11-15-28/h4-5,8-9,16-17,25H,2-3,6-7,10-15H2,1H3,(H,27,30). The number of rotatable bonds is 4. The first-order chi connectivity index (χ1) is 15.1. The number of benzene rings is 1. The SMILES string of the molecule is Cc1ccccc1C(=O)Nc1cnc(N2CCNCC2)c(C(=O)N2CCCCCC2)c1. The van der Waals surface area contributed by atoms with Crippen molar-refractivity contribution < 1.29 is 9.59 Å². The lowest BCUT2D eigenvalue weighted by Gasteiger charge is -2.31. The zero-order valence-electron chi connectivity index (χ0n) is 18.2. The van der Waals surface area contributed by atoms with Crippen molar-refractivity contribution >= 4 is 23.3 Å². The molecule has 0 spiro atoms. The largest absolute Gasteiger partial charge is 0.353 e. The molecule has 0 radical (unpaired) electrons. The lowest BCUT2D eigenvalue weighted by atomic mass is 10.1. The fourth-order valence-corrected chi connectivity index (χ4v) is 4.28. The van der Waals surface area contributed by atoms with Crippen molar-refractivity contribution in [3.63, 3.8) is 0 Å². The van der Waals surface area contributed by atoms with E-state index in [0.29, 0.717) is 22.6 Å². The van der Waals surface area contributed by atoms with Gasteiger partial charge in [0.05, 0.1) is 17.4 Å². The summed E-state index contributed by atoms with van der Waals surface area (Å²) in [5.74, 6) is 0.530. The average Bonchev–Trinajstić information content (AvgIpc) is 3.09. The average molecular weight is 422 g/mol. The van der Waals surface area contributed by atoms with Crippen LogP contribution in [-0.4, -0.2) is 61.0 Å². The van der Waals surface area contributed by atoms with E-state index in [1.807, 2.05) is 30.0 Å². The minimum atomic E-state index is -0.192. The highest BCUT2D eigenvalue weighted by molar-refractivity contribution is 6.06. The molecular formula is C24H31N5O2. The van der Waals surface area contributed by atoms with Crippen LogP contribution in [0, 0.1) is 6.92 Å². The minimum absolute atomic E-state index is 0.00919. The summed E-state index contributed by atoms with van der Waals surface area (Å²) in [6.07, 6.45) is 6.06. The molecule has 1 aromatic heterocycles. The van der Waals surface area contributed by atoms with Crippen molar-refractivity contribution in [2.45, 2.75) is 32.6 Å². The number of piperazine rings is 1. The van der Waals surface area contributed by atoms with Gasteiger partial charge in [-0.15, -0.1) is 0 Å². The highest BCUT2D eigenvalue weighted by Crippen LogP contribution is 2.25. The van der Waals surface area contributed by atoms with E-state index in [-0.39, 0.29) is 11.8 Å². The number of hydrogen-bond donors (Lipinski definition) is 2. The summed E-state index contributed by atoms with van der Waals surface area (Å²) in [5.41, 5.74) is 2.65. The number of anilines is 2. The topological polar surface area (TPSA) is 77.6 Å². The van der Waals surface area contributed by atoms with Gasteiger partial charge in [-0.2, -0.15) is 0 Å². The molecule has 3 heterocycles. The number of likely N-dealkylation sites (tertiary alicyclic amines) is 1. The van der Waals surface area contributed by atoms with Gasteiger partial charge in [0, 0.05) is 44.8 Å². The van der Waals surface area contributed by atoms with Crippen LogP contribution in [0.3, 0.4) is 0 Å². The molecule has 164 valence electrons. The Morgan fingerprint density at radius 1 is 0.968 bits per heavy atom. The number of amides is 2. The number of pyridine rings is 1. The summed E-state index contributed by atoms with van der Waals surface area (Å²) in [4.78, 5) is 35.1. The van der Waals surface area contributed by atoms with Crippen molar-refractivity contribution in [1.82, 2.24) is 15.2 Å². The van der Waals surface area contributed by atoms with Crippen LogP contribution < -0.4 is 15.5 Å². The van der Waals surface area contributed by atoms with Gasteiger partial charge in [-0.3, -0.25) is 9.59 Å². The second-order valence-corrected chi connectivity index (χ2v) is 8.31. The number of carbonyl (C=O) groups excluding carboxylic acids is 2. The first kappa shape index (κ1) is 21.3. The summed E-state index contributed by atoms with van der Waals surface area (Å²) >= 11 is 0. The molecule has 31 heavy (non-hydrogen) atoms. The van der Waals surface area contributed by atoms with Crippen LogP contribution in [0.2, 0.25) is 0 Å². The second kappa shape index (κ2) is 9.92. The zero-order valence-corrected chi connectivity index (χ0v) is 18.2. The summed E-state index contributed by atoms with van der Waals surface area (Å²) in [6.45, 7) is 6.81. The molecular weight excluding hydrogens is 390 g/mol. The zero-order chi connectivity index (χ0) is 21.6. The summed E-state index contributed by atoms with van der Waals surface area (Å²) in [6, 6.07) is 9.27. The first-order valence-electron chi connectivity index (χ1n) is 11.3. The first-order valence-corrected chi connectivity index (χ1v) is 11.3. The molecule has 0 saturated carbocycles. The second-order valence-electron chi connectivity index (χ2n) is 8.31. The molecule has 2 saturated heterocycles. The van der Waals surface area contributed by atoms with Crippen LogP contribution in [0.25, 0.3) is 0 Å². The Hall–Kier alpha value is -2.93. The van der Waals surface area contributed by atoms with Crippen molar-refractivity contribution in [1.29, 1.82) is 0 Å². The molecule has 7 nitrogen and oxygen atoms in total. The van der Waals surface area contributed by atoms with Crippen LogP contribution in [-0.2, 0) is 0 Å². The van der Waals surface area contributed by atoms with Gasteiger partial charge >= 0.3 is 0 Å². The van der Waals surface area contributed by atoms with Gasteiger partial charge in [-0.1, -0.05) is 31.0 Å². The molecule has 2 fully saturated rings. The Balaban J connectivity index is 1.63. The maximum Gasteiger partial charge on any atom is 0.257 e. The monoisotopic (exact) mass is 421 g/mol. The van der Waals surface area contributed by atoms with Gasteiger partial charge in [0.1, 0.15) is 5.82 Å². The molecule has 0 atom stereocenters. The van der Waals surface area contributed by atoms with Crippen molar-refractivity contribution in [2.24, 2.45) is 0 Å². The fraction of sp³-hybridized carbons (Fsp3) is 0.458. The Kier molecular flexibility index (Phi) is 6.82. The smallest absolute Gasteiger partial charge is 0.257 e. The molecule has 2 N–H and O–H groups in total. The van der Waals surface area contributed by atoms with E-state index >= 15 is 0 Å². The van der Waals surface area contributed by atoms with E-state index in [0.717, 1.165) is 57.7 Å². The molecule has 1 aromatic carbocycles. The Morgan fingerprint density at radius 3 is 2.39 bits per heavy atom. The maximum absolute atomic E-state index is 13.5. The number of aryl methyl sites for hydroxylation is 1. The van der Waals surface area contributed by atoms with Crippen LogP contribution in [0.4, 0.5) is 11.5 Å². The van der Waals surface area contributed by atoms with Crippen molar-refractivity contribution in [2.75, 3.05) is 49.5 Å². The highest BCUT2D eigenvalue weighted by atomic mass is 16.2. The highest BCUT2D eigenvalue weighted by Gasteiger charge is 2.25. The number of hydrogen-bond acceptors (Lipinski definition) is 5. The summed E-state index contributed by atoms with van der Waals surface area (Å²) in [7, 11) is 0. The van der Waals surface area contributed by atoms with E-state index < -0.39 is 0 Å². The Labute approximate surface area is 183 Å². The molecule has 2 aliphatic rings. The van der Waals surface area contributed by atoms with E-state index in [1.54, 1.807) is 18.3 Å². The minimum Gasteiger partial charge on any atom is -0.353 e. The third-order valence-electron chi connectivity index (χ3n) is 6.05. The molecule has 2 amide bonds. The lowest BCUT2D eigenvalue weighted by Crippen LogP contribution is -2.45. The molecule has 7 heteroatoms. The van der Waals surface area contributed by atoms with Gasteiger partial charge in [-0.05, 0) is 37.5 Å². The third-order valence-corrected chi connectivity index (χ3v) is 6.05. The van der Waals surface area contributed by atoms with Crippen molar-refractivity contribution in [3.8, 4) is 0 Å². The van der Waals surface area contributed by atoms with Gasteiger partial charge in [-0.25, -0.2) is 4.98 Å².